The predicted octanol–water partition coefficient (Wildman–Crippen LogP) is 11.1. The molecular weight excluding hydrogens is 508 g/mol. The molecular formula is C36H68N2O3. The molecule has 0 aromatic carbocycles. The lowest BCUT2D eigenvalue weighted by atomic mass is 9.75. The third-order valence-electron chi connectivity index (χ3n) is 9.24. The van der Waals surface area contributed by atoms with Crippen LogP contribution in [0, 0.1) is 5.41 Å². The highest BCUT2D eigenvalue weighted by atomic mass is 16.2. The molecule has 2 N–H and O–H groups in total. The summed E-state index contributed by atoms with van der Waals surface area (Å²) in [6.07, 6.45) is 37.0. The van der Waals surface area contributed by atoms with Crippen molar-refractivity contribution in [2.75, 3.05) is 0 Å². The van der Waals surface area contributed by atoms with Crippen molar-refractivity contribution >= 4 is 17.8 Å². The fraction of sp³-hybridized carbons (Fsp3) is 0.917. The summed E-state index contributed by atoms with van der Waals surface area (Å²) in [5.41, 5.74) is -1.07. The van der Waals surface area contributed by atoms with Crippen molar-refractivity contribution in [2.45, 2.75) is 206 Å². The first kappa shape index (κ1) is 37.6. The number of barbiturate groups is 1. The molecule has 1 heterocycles. The Kier molecular flexibility index (Phi) is 24.1. The van der Waals surface area contributed by atoms with Gasteiger partial charge in [-0.25, -0.2) is 4.79 Å². The van der Waals surface area contributed by atoms with Crippen LogP contribution in [0.1, 0.15) is 206 Å². The zero-order chi connectivity index (χ0) is 29.9. The second-order valence-corrected chi connectivity index (χ2v) is 13.0. The standard InChI is InChI=1S/C36H68N2O3/c1-3-5-7-9-11-13-15-17-19-21-23-25-27-29-31-36(33(39)37-35(41)38-34(36)40)32-30-28-26-24-22-20-18-16-14-12-10-8-6-4-2/h3-32H2,1-2H3,(H2,37,38,39,40,41). The molecule has 1 saturated heterocycles. The zero-order valence-electron chi connectivity index (χ0n) is 27.4. The molecule has 0 unspecified atom stereocenters. The van der Waals surface area contributed by atoms with E-state index in [1.54, 1.807) is 0 Å². The van der Waals surface area contributed by atoms with Gasteiger partial charge in [-0.05, 0) is 12.8 Å². The first-order chi connectivity index (χ1) is 20.1. The van der Waals surface area contributed by atoms with Crippen molar-refractivity contribution in [3.05, 3.63) is 0 Å². The lowest BCUT2D eigenvalue weighted by Crippen LogP contribution is -2.62. The maximum Gasteiger partial charge on any atom is 0.328 e. The predicted molar refractivity (Wildman–Crippen MR) is 174 cm³/mol. The molecule has 1 aliphatic rings. The maximum absolute atomic E-state index is 12.9. The Balaban J connectivity index is 2.15. The summed E-state index contributed by atoms with van der Waals surface area (Å²) < 4.78 is 0. The topological polar surface area (TPSA) is 75.3 Å². The molecule has 1 aliphatic heterocycles. The van der Waals surface area contributed by atoms with E-state index in [0.29, 0.717) is 12.8 Å². The highest BCUT2D eigenvalue weighted by molar-refractivity contribution is 6.19. The number of hydrogen-bond donors (Lipinski definition) is 2. The van der Waals surface area contributed by atoms with Crippen molar-refractivity contribution in [2.24, 2.45) is 5.41 Å². The molecule has 0 aromatic rings. The van der Waals surface area contributed by atoms with Crippen molar-refractivity contribution in [1.29, 1.82) is 0 Å². The van der Waals surface area contributed by atoms with Crippen LogP contribution in [0.4, 0.5) is 4.79 Å². The lowest BCUT2D eigenvalue weighted by Gasteiger charge is -2.34. The summed E-state index contributed by atoms with van der Waals surface area (Å²) in [5.74, 6) is -0.758. The van der Waals surface area contributed by atoms with Gasteiger partial charge in [0.05, 0.1) is 0 Å². The molecule has 0 bridgehead atoms. The van der Waals surface area contributed by atoms with Gasteiger partial charge in [-0.15, -0.1) is 0 Å². The number of urea groups is 1. The van der Waals surface area contributed by atoms with E-state index < -0.39 is 11.4 Å². The average molecular weight is 577 g/mol. The van der Waals surface area contributed by atoms with Crippen LogP contribution in [-0.4, -0.2) is 17.8 Å². The molecule has 240 valence electrons. The second kappa shape index (κ2) is 26.3. The molecule has 5 nitrogen and oxygen atoms in total. The fourth-order valence-corrected chi connectivity index (χ4v) is 6.40. The number of amides is 4. The number of imide groups is 2. The summed E-state index contributed by atoms with van der Waals surface area (Å²) in [5, 5.41) is 4.78. The number of unbranched alkanes of at least 4 members (excludes halogenated alkanes) is 26. The van der Waals surface area contributed by atoms with E-state index in [-0.39, 0.29) is 11.8 Å². The molecule has 0 atom stereocenters. The molecule has 4 amide bonds. The van der Waals surface area contributed by atoms with E-state index in [1.807, 2.05) is 0 Å². The number of nitrogens with one attached hydrogen (secondary N) is 2. The highest BCUT2D eigenvalue weighted by Gasteiger charge is 2.48. The number of rotatable bonds is 30. The first-order valence-electron chi connectivity index (χ1n) is 18.2. The Bertz CT molecular complexity index is 609. The molecule has 41 heavy (non-hydrogen) atoms. The molecule has 0 saturated carbocycles. The van der Waals surface area contributed by atoms with Crippen molar-refractivity contribution in [3.63, 3.8) is 0 Å². The number of carbonyl (C=O) groups excluding carboxylic acids is 3. The van der Waals surface area contributed by atoms with E-state index in [0.717, 1.165) is 38.5 Å². The monoisotopic (exact) mass is 577 g/mol. The minimum Gasteiger partial charge on any atom is -0.277 e. The smallest absolute Gasteiger partial charge is 0.277 e. The van der Waals surface area contributed by atoms with Crippen molar-refractivity contribution in [1.82, 2.24) is 10.6 Å². The zero-order valence-corrected chi connectivity index (χ0v) is 27.4. The van der Waals surface area contributed by atoms with E-state index in [4.69, 9.17) is 0 Å². The Morgan fingerprint density at radius 2 is 0.585 bits per heavy atom. The normalized spacial score (nSPS) is 14.8. The van der Waals surface area contributed by atoms with Gasteiger partial charge in [0.2, 0.25) is 11.8 Å². The van der Waals surface area contributed by atoms with E-state index in [9.17, 15) is 14.4 Å². The number of carbonyl (C=O) groups is 3. The van der Waals surface area contributed by atoms with Crippen molar-refractivity contribution < 1.29 is 14.4 Å². The minimum absolute atomic E-state index is 0.379. The minimum atomic E-state index is -1.07. The van der Waals surface area contributed by atoms with Gasteiger partial charge in [-0.1, -0.05) is 194 Å². The molecule has 0 aliphatic carbocycles. The Labute approximate surface area is 254 Å². The van der Waals surface area contributed by atoms with Crippen LogP contribution in [0.25, 0.3) is 0 Å². The van der Waals surface area contributed by atoms with Gasteiger partial charge < -0.3 is 0 Å². The van der Waals surface area contributed by atoms with Gasteiger partial charge in [0.15, 0.2) is 0 Å². The van der Waals surface area contributed by atoms with Crippen LogP contribution in [0.3, 0.4) is 0 Å². The lowest BCUT2D eigenvalue weighted by molar-refractivity contribution is -0.145. The maximum atomic E-state index is 12.9. The summed E-state index contributed by atoms with van der Waals surface area (Å²) in [4.78, 5) is 37.5. The Morgan fingerprint density at radius 3 is 0.829 bits per heavy atom. The summed E-state index contributed by atoms with van der Waals surface area (Å²) in [7, 11) is 0. The van der Waals surface area contributed by atoms with Crippen LogP contribution in [-0.2, 0) is 9.59 Å². The molecule has 0 spiro atoms. The van der Waals surface area contributed by atoms with Crippen LogP contribution in [0.15, 0.2) is 0 Å². The third-order valence-corrected chi connectivity index (χ3v) is 9.24. The Morgan fingerprint density at radius 1 is 0.366 bits per heavy atom. The second-order valence-electron chi connectivity index (χ2n) is 13.0. The van der Waals surface area contributed by atoms with Gasteiger partial charge in [-0.2, -0.15) is 0 Å². The van der Waals surface area contributed by atoms with Crippen LogP contribution >= 0.6 is 0 Å². The quantitative estimate of drug-likeness (QED) is 0.0659. The third kappa shape index (κ3) is 18.7. The van der Waals surface area contributed by atoms with Gasteiger partial charge in [0.25, 0.3) is 0 Å². The molecule has 5 heteroatoms. The molecule has 0 radical (unpaired) electrons. The van der Waals surface area contributed by atoms with Gasteiger partial charge in [0, 0.05) is 0 Å². The van der Waals surface area contributed by atoms with Gasteiger partial charge in [-0.3, -0.25) is 20.2 Å². The number of hydrogen-bond acceptors (Lipinski definition) is 3. The van der Waals surface area contributed by atoms with Gasteiger partial charge >= 0.3 is 6.03 Å². The van der Waals surface area contributed by atoms with Crippen LogP contribution in [0.5, 0.6) is 0 Å². The van der Waals surface area contributed by atoms with Crippen molar-refractivity contribution in [3.8, 4) is 0 Å². The highest BCUT2D eigenvalue weighted by Crippen LogP contribution is 2.34. The molecule has 1 fully saturated rings. The van der Waals surface area contributed by atoms with Gasteiger partial charge in [0.1, 0.15) is 5.41 Å². The molecule has 0 aromatic heterocycles. The first-order valence-corrected chi connectivity index (χ1v) is 18.2. The summed E-state index contributed by atoms with van der Waals surface area (Å²) in [6.45, 7) is 4.54. The van der Waals surface area contributed by atoms with Crippen LogP contribution < -0.4 is 10.6 Å². The summed E-state index contributed by atoms with van der Waals surface area (Å²) >= 11 is 0. The fourth-order valence-electron chi connectivity index (χ4n) is 6.40. The average Bonchev–Trinajstić information content (AvgIpc) is 2.95. The largest absolute Gasteiger partial charge is 0.328 e. The summed E-state index contributed by atoms with van der Waals surface area (Å²) in [6, 6.07) is -0.669. The van der Waals surface area contributed by atoms with E-state index >= 15 is 0 Å². The molecule has 1 rings (SSSR count). The Hall–Kier alpha value is -1.39. The SMILES string of the molecule is CCCCCCCCCCCCCCCCC1(CCCCCCCCCCCCCCCC)C(=O)NC(=O)NC1=O. The van der Waals surface area contributed by atoms with Crippen LogP contribution in [0.2, 0.25) is 0 Å². The van der Waals surface area contributed by atoms with E-state index in [2.05, 4.69) is 24.5 Å². The van der Waals surface area contributed by atoms with E-state index in [1.165, 1.54) is 141 Å².